The van der Waals surface area contributed by atoms with Crippen molar-refractivity contribution in [2.24, 2.45) is 0 Å². The smallest absolute Gasteiger partial charge is 0.346 e. The fourth-order valence-electron chi connectivity index (χ4n) is 2.14. The van der Waals surface area contributed by atoms with E-state index in [1.807, 2.05) is 0 Å². The first-order valence-electron chi connectivity index (χ1n) is 6.18. The summed E-state index contributed by atoms with van der Waals surface area (Å²) in [6.07, 6.45) is -5.27. The number of carbonyl (C=O) groups excluding carboxylic acids is 1. The van der Waals surface area contributed by atoms with E-state index in [0.717, 1.165) is 0 Å². The van der Waals surface area contributed by atoms with Gasteiger partial charge in [-0.3, -0.25) is 4.79 Å². The highest BCUT2D eigenvalue weighted by molar-refractivity contribution is 8.01. The molecule has 0 unspecified atom stereocenters. The van der Waals surface area contributed by atoms with Gasteiger partial charge in [0.2, 0.25) is 10.8 Å². The first kappa shape index (κ1) is 18.1. The molecule has 0 aromatic carbocycles. The van der Waals surface area contributed by atoms with Gasteiger partial charge in [-0.2, -0.15) is 0 Å². The van der Waals surface area contributed by atoms with Crippen LogP contribution in [0.3, 0.4) is 0 Å². The van der Waals surface area contributed by atoms with E-state index >= 15 is 0 Å². The van der Waals surface area contributed by atoms with Crippen molar-refractivity contribution >= 4 is 23.6 Å². The van der Waals surface area contributed by atoms with E-state index in [1.165, 1.54) is 6.92 Å². The molecule has 1 aliphatic rings. The highest BCUT2D eigenvalue weighted by Crippen LogP contribution is 2.41. The van der Waals surface area contributed by atoms with Gasteiger partial charge in [0.15, 0.2) is 0 Å². The van der Waals surface area contributed by atoms with Crippen molar-refractivity contribution in [3.8, 4) is 0 Å². The molecule has 0 bridgehead atoms. The predicted octanol–water partition coefficient (Wildman–Crippen LogP) is -3.16. The van der Waals surface area contributed by atoms with Gasteiger partial charge in [0.05, 0.1) is 30.1 Å². The normalized spacial score (nSPS) is 35.8. The van der Waals surface area contributed by atoms with Gasteiger partial charge in [0.1, 0.15) is 6.10 Å². The van der Waals surface area contributed by atoms with Crippen molar-refractivity contribution in [1.82, 2.24) is 5.32 Å². The largest absolute Gasteiger partial charge is 0.478 e. The first-order chi connectivity index (χ1) is 9.62. The molecule has 21 heavy (non-hydrogen) atoms. The van der Waals surface area contributed by atoms with Crippen LogP contribution < -0.4 is 5.32 Å². The van der Waals surface area contributed by atoms with Crippen LogP contribution in [0.25, 0.3) is 0 Å². The van der Waals surface area contributed by atoms with E-state index in [0.29, 0.717) is 11.8 Å². The van der Waals surface area contributed by atoms with Crippen molar-refractivity contribution in [3.05, 3.63) is 0 Å². The third kappa shape index (κ3) is 4.05. The predicted molar refractivity (Wildman–Crippen MR) is 71.3 cm³/mol. The summed E-state index contributed by atoms with van der Waals surface area (Å²) >= 11 is 0.408. The van der Waals surface area contributed by atoms with E-state index in [4.69, 9.17) is 10.2 Å². The second kappa shape index (κ2) is 6.90. The maximum absolute atomic E-state index is 11.2. The molecule has 6 atom stereocenters. The molecule has 1 fully saturated rings. The number of hydrogen-bond acceptors (Lipinski definition) is 8. The Kier molecular flexibility index (Phi) is 5.96. The molecule has 1 amide bonds. The van der Waals surface area contributed by atoms with Crippen molar-refractivity contribution in [1.29, 1.82) is 0 Å². The lowest BCUT2D eigenvalue weighted by Crippen LogP contribution is -2.62. The number of rotatable bonds is 5. The zero-order chi connectivity index (χ0) is 16.4. The molecule has 1 saturated heterocycles. The first-order valence-corrected chi connectivity index (χ1v) is 7.06. The number of aliphatic carboxylic acids is 1. The molecule has 122 valence electrons. The summed E-state index contributed by atoms with van der Waals surface area (Å²) in [6.45, 7) is 0.369. The van der Waals surface area contributed by atoms with Gasteiger partial charge in [-0.05, 0) is 0 Å². The number of nitrogens with one attached hydrogen (secondary N) is 1. The van der Waals surface area contributed by atoms with E-state index in [9.17, 15) is 30.0 Å². The zero-order valence-electron chi connectivity index (χ0n) is 11.2. The summed E-state index contributed by atoms with van der Waals surface area (Å²) < 4.78 is 0. The monoisotopic (exact) mass is 325 g/mol. The number of hydrogen-bond donors (Lipinski definition) is 7. The van der Waals surface area contributed by atoms with E-state index in [1.54, 1.807) is 0 Å². The standard InChI is InChI=1S/C11H19NO8S/c1-4(14)12-7-5(15)2-11(20,10(18)19)21-9(7)8(17)6(16)3-13/h5-9,13,15-17,20H,2-3H2,1H3,(H,12,14)(H,18,19)/t5-,6+,7-,8+,9+,11-/m0/s1. The number of carboxylic acids is 1. The van der Waals surface area contributed by atoms with E-state index < -0.39 is 59.4 Å². The van der Waals surface area contributed by atoms with E-state index in [-0.39, 0.29) is 0 Å². The molecular formula is C11H19NO8S. The third-order valence-corrected chi connectivity index (χ3v) is 4.78. The van der Waals surface area contributed by atoms with Crippen LogP contribution >= 0.6 is 11.8 Å². The van der Waals surface area contributed by atoms with Crippen LogP contribution in [0.1, 0.15) is 13.3 Å². The van der Waals surface area contributed by atoms with Crippen molar-refractivity contribution in [2.45, 2.75) is 47.9 Å². The topological polar surface area (TPSA) is 168 Å². The van der Waals surface area contributed by atoms with Gasteiger partial charge in [-0.15, -0.1) is 11.8 Å². The molecule has 1 rings (SSSR count). The molecule has 0 saturated carbocycles. The number of amides is 1. The van der Waals surface area contributed by atoms with Crippen molar-refractivity contribution < 1.29 is 40.2 Å². The molecule has 9 nitrogen and oxygen atoms in total. The Morgan fingerprint density at radius 3 is 2.43 bits per heavy atom. The summed E-state index contributed by atoms with van der Waals surface area (Å²) in [7, 11) is 0. The molecule has 0 radical (unpaired) electrons. The summed E-state index contributed by atoms with van der Waals surface area (Å²) in [6, 6.07) is -1.08. The Morgan fingerprint density at radius 1 is 1.43 bits per heavy atom. The maximum Gasteiger partial charge on any atom is 0.346 e. The molecule has 7 N–H and O–H groups in total. The molecule has 0 aromatic heterocycles. The average molecular weight is 325 g/mol. The van der Waals surface area contributed by atoms with Crippen LogP contribution in [0.15, 0.2) is 0 Å². The number of thioether (sulfide) groups is 1. The van der Waals surface area contributed by atoms with Crippen LogP contribution in [0.5, 0.6) is 0 Å². The minimum Gasteiger partial charge on any atom is -0.478 e. The molecule has 1 heterocycles. The minimum atomic E-state index is -2.37. The Labute approximate surface area is 124 Å². The number of aliphatic hydroxyl groups excluding tert-OH is 4. The van der Waals surface area contributed by atoms with Gasteiger partial charge < -0.3 is 36.0 Å². The second-order valence-electron chi connectivity index (χ2n) is 4.91. The fraction of sp³-hybridized carbons (Fsp3) is 0.818. The van der Waals surface area contributed by atoms with Crippen LogP contribution in [0, 0.1) is 0 Å². The van der Waals surface area contributed by atoms with Crippen LogP contribution in [-0.4, -0.2) is 83.7 Å². The lowest BCUT2D eigenvalue weighted by molar-refractivity contribution is -0.153. The molecule has 0 aliphatic carbocycles. The molecule has 10 heteroatoms. The SMILES string of the molecule is CC(=O)N[C@@H]1[C@H]([C@H](O)[C@H](O)CO)S[C@](O)(C(=O)O)C[C@@H]1O. The Hall–Kier alpha value is -0.910. The zero-order valence-corrected chi connectivity index (χ0v) is 12.0. The second-order valence-corrected chi connectivity index (χ2v) is 6.37. The van der Waals surface area contributed by atoms with Crippen molar-refractivity contribution in [2.75, 3.05) is 6.61 Å². The highest BCUT2D eigenvalue weighted by Gasteiger charge is 2.53. The Morgan fingerprint density at radius 2 is 2.00 bits per heavy atom. The minimum absolute atomic E-state index is 0.408. The summed E-state index contributed by atoms with van der Waals surface area (Å²) in [5, 5.41) is 58.4. The number of carboxylic acid groups (broad SMARTS) is 1. The summed E-state index contributed by atoms with van der Waals surface area (Å²) in [5.74, 6) is -2.14. The van der Waals surface area contributed by atoms with Gasteiger partial charge in [0.25, 0.3) is 0 Å². The van der Waals surface area contributed by atoms with Crippen LogP contribution in [0.4, 0.5) is 0 Å². The third-order valence-electron chi connectivity index (χ3n) is 3.21. The molecule has 1 aliphatic heterocycles. The van der Waals surface area contributed by atoms with Crippen LogP contribution in [-0.2, 0) is 9.59 Å². The Balaban J connectivity index is 3.07. The highest BCUT2D eigenvalue weighted by atomic mass is 32.2. The fourth-order valence-corrected chi connectivity index (χ4v) is 3.67. The van der Waals surface area contributed by atoms with E-state index in [2.05, 4.69) is 5.32 Å². The lowest BCUT2D eigenvalue weighted by atomic mass is 9.94. The average Bonchev–Trinajstić information content (AvgIpc) is 2.39. The molecule has 0 aromatic rings. The summed E-state index contributed by atoms with van der Waals surface area (Å²) in [5.41, 5.74) is 0. The van der Waals surface area contributed by atoms with Gasteiger partial charge in [0, 0.05) is 13.3 Å². The van der Waals surface area contributed by atoms with Crippen LogP contribution in [0.2, 0.25) is 0 Å². The maximum atomic E-state index is 11.2. The quantitative estimate of drug-likeness (QED) is 0.276. The number of carbonyl (C=O) groups is 2. The van der Waals surface area contributed by atoms with Gasteiger partial charge in [-0.25, -0.2) is 4.79 Å². The Bertz CT molecular complexity index is 408. The molecular weight excluding hydrogens is 306 g/mol. The van der Waals surface area contributed by atoms with Crippen molar-refractivity contribution in [3.63, 3.8) is 0 Å². The number of aliphatic hydroxyl groups is 5. The summed E-state index contributed by atoms with van der Waals surface area (Å²) in [4.78, 5) is 19.9. The molecule has 0 spiro atoms. The lowest BCUT2D eigenvalue weighted by Gasteiger charge is -2.44. The van der Waals surface area contributed by atoms with Gasteiger partial charge >= 0.3 is 5.97 Å². The van der Waals surface area contributed by atoms with Gasteiger partial charge in [-0.1, -0.05) is 0 Å².